The molecule has 0 spiro atoms. The van der Waals surface area contributed by atoms with Gasteiger partial charge in [-0.25, -0.2) is 9.97 Å². The smallest absolute Gasteiger partial charge is 0.271 e. The lowest BCUT2D eigenvalue weighted by molar-refractivity contribution is -0.0679. The van der Waals surface area contributed by atoms with E-state index in [1.165, 1.54) is 6.20 Å². The zero-order valence-corrected chi connectivity index (χ0v) is 12.8. The van der Waals surface area contributed by atoms with E-state index in [-0.39, 0.29) is 28.1 Å². The van der Waals surface area contributed by atoms with Crippen LogP contribution >= 0.6 is 11.6 Å². The van der Waals surface area contributed by atoms with Gasteiger partial charge < -0.3 is 10.1 Å². The molecule has 1 saturated carbocycles. The molecule has 0 aliphatic heterocycles. The number of rotatable bonds is 5. The summed E-state index contributed by atoms with van der Waals surface area (Å²) < 4.78 is 5.47. The number of aromatic nitrogens is 2. The van der Waals surface area contributed by atoms with Crippen molar-refractivity contribution < 1.29 is 9.53 Å². The second kappa shape index (κ2) is 6.06. The van der Waals surface area contributed by atoms with Crippen LogP contribution in [0.1, 0.15) is 55.3 Å². The third-order valence-corrected chi connectivity index (χ3v) is 4.04. The average molecular weight is 298 g/mol. The Balaban J connectivity index is 2.07. The number of nitrogens with one attached hydrogen (secondary N) is 1. The monoisotopic (exact) mass is 297 g/mol. The van der Waals surface area contributed by atoms with Crippen molar-refractivity contribution in [3.05, 3.63) is 22.7 Å². The van der Waals surface area contributed by atoms with Gasteiger partial charge in [-0.3, -0.25) is 4.79 Å². The Kier molecular flexibility index (Phi) is 4.60. The lowest BCUT2D eigenvalue weighted by Crippen LogP contribution is -2.49. The number of hydrogen-bond acceptors (Lipinski definition) is 4. The van der Waals surface area contributed by atoms with Gasteiger partial charge in [-0.1, -0.05) is 25.4 Å². The number of ether oxygens (including phenoxy) is 1. The quantitative estimate of drug-likeness (QED) is 0.907. The average Bonchev–Trinajstić information content (AvgIpc) is 2.38. The summed E-state index contributed by atoms with van der Waals surface area (Å²) in [4.78, 5) is 20.6. The number of hydrogen-bond donors (Lipinski definition) is 1. The molecular formula is C14H20ClN3O2. The maximum absolute atomic E-state index is 12.2. The standard InChI is InChI=1S/C14H20ClN3O2/c1-9(2)12-16-7-10(15)11(18-12)13(19)17-8-14(20-3)5-4-6-14/h7,9H,4-6,8H2,1-3H3,(H,17,19). The maximum Gasteiger partial charge on any atom is 0.271 e. The highest BCUT2D eigenvalue weighted by Crippen LogP contribution is 2.34. The van der Waals surface area contributed by atoms with Crippen molar-refractivity contribution in [2.45, 2.75) is 44.6 Å². The summed E-state index contributed by atoms with van der Waals surface area (Å²) in [6.07, 6.45) is 4.56. The zero-order valence-electron chi connectivity index (χ0n) is 12.1. The van der Waals surface area contributed by atoms with Gasteiger partial charge in [0.2, 0.25) is 0 Å². The SMILES string of the molecule is COC1(CNC(=O)c2nc(C(C)C)ncc2Cl)CCC1. The largest absolute Gasteiger partial charge is 0.376 e. The fraction of sp³-hybridized carbons (Fsp3) is 0.643. The summed E-state index contributed by atoms with van der Waals surface area (Å²) >= 11 is 6.01. The van der Waals surface area contributed by atoms with E-state index in [4.69, 9.17) is 16.3 Å². The second-order valence-electron chi connectivity index (χ2n) is 5.50. The van der Waals surface area contributed by atoms with E-state index in [9.17, 15) is 4.79 Å². The van der Waals surface area contributed by atoms with E-state index in [2.05, 4.69) is 15.3 Å². The van der Waals surface area contributed by atoms with E-state index in [0.29, 0.717) is 12.4 Å². The normalized spacial score (nSPS) is 16.9. The molecule has 2 rings (SSSR count). The Morgan fingerprint density at radius 3 is 2.75 bits per heavy atom. The van der Waals surface area contributed by atoms with Crippen LogP contribution in [0.5, 0.6) is 0 Å². The van der Waals surface area contributed by atoms with Gasteiger partial charge in [0.1, 0.15) is 11.5 Å². The number of carbonyl (C=O) groups is 1. The number of nitrogens with zero attached hydrogens (tertiary/aromatic N) is 2. The van der Waals surface area contributed by atoms with Gasteiger partial charge >= 0.3 is 0 Å². The molecule has 6 heteroatoms. The summed E-state index contributed by atoms with van der Waals surface area (Å²) in [6, 6.07) is 0. The van der Waals surface area contributed by atoms with Crippen LogP contribution in [-0.2, 0) is 4.74 Å². The van der Waals surface area contributed by atoms with Crippen molar-refractivity contribution in [2.24, 2.45) is 0 Å². The summed E-state index contributed by atoms with van der Waals surface area (Å²) in [5.74, 6) is 0.489. The van der Waals surface area contributed by atoms with E-state index in [0.717, 1.165) is 19.3 Å². The van der Waals surface area contributed by atoms with Gasteiger partial charge in [0.15, 0.2) is 0 Å². The van der Waals surface area contributed by atoms with Crippen LogP contribution in [-0.4, -0.2) is 35.1 Å². The zero-order chi connectivity index (χ0) is 14.8. The van der Waals surface area contributed by atoms with Crippen molar-refractivity contribution in [3.63, 3.8) is 0 Å². The molecule has 110 valence electrons. The molecular weight excluding hydrogens is 278 g/mol. The summed E-state index contributed by atoms with van der Waals surface area (Å²) in [5, 5.41) is 3.13. The molecule has 0 atom stereocenters. The Morgan fingerprint density at radius 2 is 2.25 bits per heavy atom. The maximum atomic E-state index is 12.2. The van der Waals surface area contributed by atoms with Crippen molar-refractivity contribution in [3.8, 4) is 0 Å². The van der Waals surface area contributed by atoms with Crippen molar-refractivity contribution in [1.82, 2.24) is 15.3 Å². The number of carbonyl (C=O) groups excluding carboxylic acids is 1. The van der Waals surface area contributed by atoms with Crippen LogP contribution < -0.4 is 5.32 Å². The molecule has 1 aliphatic rings. The van der Waals surface area contributed by atoms with E-state index in [1.54, 1.807) is 7.11 Å². The molecule has 0 unspecified atom stereocenters. The van der Waals surface area contributed by atoms with Crippen LogP contribution in [0.25, 0.3) is 0 Å². The predicted octanol–water partition coefficient (Wildman–Crippen LogP) is 2.55. The van der Waals surface area contributed by atoms with Crippen LogP contribution in [0.15, 0.2) is 6.20 Å². The first-order chi connectivity index (χ1) is 9.47. The third-order valence-electron chi connectivity index (χ3n) is 3.76. The van der Waals surface area contributed by atoms with Crippen LogP contribution in [0.4, 0.5) is 0 Å². The third kappa shape index (κ3) is 3.10. The highest BCUT2D eigenvalue weighted by Gasteiger charge is 2.37. The molecule has 0 radical (unpaired) electrons. The minimum Gasteiger partial charge on any atom is -0.376 e. The Hall–Kier alpha value is -1.20. The Labute approximate surface area is 124 Å². The van der Waals surface area contributed by atoms with E-state index < -0.39 is 0 Å². The predicted molar refractivity (Wildman–Crippen MR) is 77.1 cm³/mol. The molecule has 1 aliphatic carbocycles. The number of methoxy groups -OCH3 is 1. The highest BCUT2D eigenvalue weighted by molar-refractivity contribution is 6.33. The van der Waals surface area contributed by atoms with E-state index in [1.807, 2.05) is 13.8 Å². The van der Waals surface area contributed by atoms with Crippen LogP contribution in [0, 0.1) is 0 Å². The second-order valence-corrected chi connectivity index (χ2v) is 5.91. The molecule has 1 fully saturated rings. The first-order valence-corrected chi connectivity index (χ1v) is 7.21. The van der Waals surface area contributed by atoms with Gasteiger partial charge in [-0.15, -0.1) is 0 Å². The molecule has 1 aromatic heterocycles. The molecule has 5 nitrogen and oxygen atoms in total. The minimum atomic E-state index is -0.275. The topological polar surface area (TPSA) is 64.1 Å². The van der Waals surface area contributed by atoms with E-state index >= 15 is 0 Å². The van der Waals surface area contributed by atoms with Crippen molar-refractivity contribution in [1.29, 1.82) is 0 Å². The van der Waals surface area contributed by atoms with Gasteiger partial charge in [0.25, 0.3) is 5.91 Å². The molecule has 1 amide bonds. The molecule has 1 aromatic rings. The first kappa shape index (κ1) is 15.2. The summed E-state index contributed by atoms with van der Waals surface area (Å²) in [5.41, 5.74) is 0.0201. The van der Waals surface area contributed by atoms with Crippen LogP contribution in [0.2, 0.25) is 5.02 Å². The molecule has 0 saturated heterocycles. The number of amides is 1. The molecule has 1 heterocycles. The fourth-order valence-corrected chi connectivity index (χ4v) is 2.34. The van der Waals surface area contributed by atoms with Gasteiger partial charge in [0.05, 0.1) is 16.8 Å². The first-order valence-electron chi connectivity index (χ1n) is 6.83. The Bertz CT molecular complexity index is 496. The molecule has 1 N–H and O–H groups in total. The van der Waals surface area contributed by atoms with Crippen LogP contribution in [0.3, 0.4) is 0 Å². The van der Waals surface area contributed by atoms with Gasteiger partial charge in [0, 0.05) is 19.6 Å². The molecule has 0 aromatic carbocycles. The molecule has 20 heavy (non-hydrogen) atoms. The van der Waals surface area contributed by atoms with Crippen molar-refractivity contribution in [2.75, 3.05) is 13.7 Å². The van der Waals surface area contributed by atoms with Gasteiger partial charge in [-0.05, 0) is 19.3 Å². The van der Waals surface area contributed by atoms with Gasteiger partial charge in [-0.2, -0.15) is 0 Å². The lowest BCUT2D eigenvalue weighted by atomic mass is 9.80. The lowest BCUT2D eigenvalue weighted by Gasteiger charge is -2.40. The minimum absolute atomic E-state index is 0.149. The highest BCUT2D eigenvalue weighted by atomic mass is 35.5. The summed E-state index contributed by atoms with van der Waals surface area (Å²) in [7, 11) is 1.68. The molecule has 0 bridgehead atoms. The number of halogens is 1. The Morgan fingerprint density at radius 1 is 1.55 bits per heavy atom. The summed E-state index contributed by atoms with van der Waals surface area (Å²) in [6.45, 7) is 4.43. The van der Waals surface area contributed by atoms with Crippen molar-refractivity contribution >= 4 is 17.5 Å². The fourth-order valence-electron chi connectivity index (χ4n) is 2.17.